The third-order valence-electron chi connectivity index (χ3n) is 4.31. The number of aliphatic hydroxyl groups is 1. The zero-order valence-electron chi connectivity index (χ0n) is 13.0. The van der Waals surface area contributed by atoms with Gasteiger partial charge in [0.05, 0.1) is 22.5 Å². The minimum absolute atomic E-state index is 0.136. The summed E-state index contributed by atoms with van der Waals surface area (Å²) in [6, 6.07) is 5.27. The number of likely N-dealkylation sites (tertiary alicyclic amines) is 1. The maximum Gasteiger partial charge on any atom is 0.328 e. The number of hydrogen-bond acceptors (Lipinski definition) is 4. The van der Waals surface area contributed by atoms with E-state index in [1.807, 2.05) is 19.1 Å². The van der Waals surface area contributed by atoms with E-state index >= 15 is 0 Å². The number of rotatable bonds is 1. The standard InChI is InChI=1S/C17H19N3O3/c1-11-2-3-15-14(8-11)16(18)12(10-21)9-20(15)17(23)19-6-4-13(22)5-7-19/h2-3,8-10,13,18,22H,4-7H2,1H3. The predicted molar refractivity (Wildman–Crippen MR) is 85.5 cm³/mol. The largest absolute Gasteiger partial charge is 0.393 e. The van der Waals surface area contributed by atoms with Crippen molar-refractivity contribution in [2.24, 2.45) is 0 Å². The average molecular weight is 313 g/mol. The summed E-state index contributed by atoms with van der Waals surface area (Å²) in [7, 11) is 0. The van der Waals surface area contributed by atoms with Gasteiger partial charge in [-0.15, -0.1) is 0 Å². The van der Waals surface area contributed by atoms with Crippen LogP contribution in [0.25, 0.3) is 10.9 Å². The van der Waals surface area contributed by atoms with Crippen LogP contribution in [0.5, 0.6) is 0 Å². The lowest BCUT2D eigenvalue weighted by atomic mass is 10.1. The number of aromatic nitrogens is 1. The summed E-state index contributed by atoms with van der Waals surface area (Å²) in [6.45, 7) is 2.88. The molecule has 1 amide bonds. The number of carbonyl (C=O) groups excluding carboxylic acids is 2. The smallest absolute Gasteiger partial charge is 0.328 e. The van der Waals surface area contributed by atoms with E-state index in [9.17, 15) is 14.7 Å². The lowest BCUT2D eigenvalue weighted by Crippen LogP contribution is -2.42. The Morgan fingerprint density at radius 2 is 2.04 bits per heavy atom. The molecule has 0 unspecified atom stereocenters. The van der Waals surface area contributed by atoms with Gasteiger partial charge in [0.1, 0.15) is 0 Å². The molecule has 1 fully saturated rings. The number of benzene rings is 1. The van der Waals surface area contributed by atoms with E-state index in [0.717, 1.165) is 5.56 Å². The fourth-order valence-electron chi connectivity index (χ4n) is 2.95. The first-order valence-electron chi connectivity index (χ1n) is 7.64. The number of aryl methyl sites for hydroxylation is 1. The number of piperidine rings is 1. The van der Waals surface area contributed by atoms with E-state index in [1.54, 1.807) is 11.0 Å². The van der Waals surface area contributed by atoms with Gasteiger partial charge in [-0.05, 0) is 31.9 Å². The van der Waals surface area contributed by atoms with Gasteiger partial charge in [-0.3, -0.25) is 14.8 Å². The second-order valence-corrected chi connectivity index (χ2v) is 5.97. The third kappa shape index (κ3) is 2.77. The van der Waals surface area contributed by atoms with Crippen LogP contribution in [0.4, 0.5) is 4.79 Å². The Morgan fingerprint density at radius 3 is 2.70 bits per heavy atom. The molecule has 23 heavy (non-hydrogen) atoms. The first-order chi connectivity index (χ1) is 11.0. The summed E-state index contributed by atoms with van der Waals surface area (Å²) in [5.41, 5.74) is 1.77. The van der Waals surface area contributed by atoms with Crippen LogP contribution in [0.2, 0.25) is 0 Å². The van der Waals surface area contributed by atoms with E-state index in [0.29, 0.717) is 43.1 Å². The number of aliphatic hydroxyl groups excluding tert-OH is 1. The fraction of sp³-hybridized carbons (Fsp3) is 0.353. The number of pyridine rings is 1. The second-order valence-electron chi connectivity index (χ2n) is 5.97. The highest BCUT2D eigenvalue weighted by Gasteiger charge is 2.23. The zero-order valence-corrected chi connectivity index (χ0v) is 13.0. The van der Waals surface area contributed by atoms with Crippen LogP contribution in [0.15, 0.2) is 24.4 Å². The molecule has 0 aliphatic carbocycles. The SMILES string of the molecule is Cc1ccc2c(c1)c(=N)c(C=O)cn2C(=O)N1CCC(O)CC1. The molecule has 1 aromatic carbocycles. The van der Waals surface area contributed by atoms with Crippen molar-refractivity contribution >= 4 is 23.2 Å². The molecule has 1 aliphatic heterocycles. The van der Waals surface area contributed by atoms with Gasteiger partial charge in [0.25, 0.3) is 0 Å². The molecular formula is C17H19N3O3. The van der Waals surface area contributed by atoms with Crippen molar-refractivity contribution in [1.82, 2.24) is 9.47 Å². The van der Waals surface area contributed by atoms with E-state index in [-0.39, 0.29) is 23.1 Å². The Hall–Kier alpha value is -2.47. The molecule has 0 bridgehead atoms. The van der Waals surface area contributed by atoms with Crippen LogP contribution in [0.3, 0.4) is 0 Å². The van der Waals surface area contributed by atoms with Crippen molar-refractivity contribution < 1.29 is 14.7 Å². The van der Waals surface area contributed by atoms with Crippen LogP contribution < -0.4 is 5.36 Å². The van der Waals surface area contributed by atoms with Crippen molar-refractivity contribution in [2.45, 2.75) is 25.9 Å². The van der Waals surface area contributed by atoms with Gasteiger partial charge in [-0.1, -0.05) is 11.6 Å². The van der Waals surface area contributed by atoms with Crippen LogP contribution >= 0.6 is 0 Å². The van der Waals surface area contributed by atoms with Crippen LogP contribution in [-0.2, 0) is 0 Å². The molecule has 0 atom stereocenters. The Kier molecular flexibility index (Phi) is 4.00. The quantitative estimate of drug-likeness (QED) is 0.785. The Labute approximate surface area is 133 Å². The lowest BCUT2D eigenvalue weighted by Gasteiger charge is -2.30. The normalized spacial score (nSPS) is 15.8. The predicted octanol–water partition coefficient (Wildman–Crippen LogP) is 1.67. The number of fused-ring (bicyclic) bond motifs is 1. The number of amides is 1. The first kappa shape index (κ1) is 15.4. The highest BCUT2D eigenvalue weighted by molar-refractivity contribution is 5.93. The molecule has 3 rings (SSSR count). The van der Waals surface area contributed by atoms with Gasteiger partial charge in [-0.2, -0.15) is 0 Å². The van der Waals surface area contributed by atoms with Gasteiger partial charge in [0.15, 0.2) is 6.29 Å². The van der Waals surface area contributed by atoms with Crippen molar-refractivity contribution in [2.75, 3.05) is 13.1 Å². The molecule has 6 nitrogen and oxygen atoms in total. The number of nitrogens with zero attached hydrogens (tertiary/aromatic N) is 2. The number of nitrogens with one attached hydrogen (secondary N) is 1. The van der Waals surface area contributed by atoms with Gasteiger partial charge in [-0.25, -0.2) is 4.79 Å². The van der Waals surface area contributed by atoms with E-state index in [4.69, 9.17) is 5.41 Å². The fourth-order valence-corrected chi connectivity index (χ4v) is 2.95. The third-order valence-corrected chi connectivity index (χ3v) is 4.31. The number of hydrogen-bond donors (Lipinski definition) is 2. The highest BCUT2D eigenvalue weighted by Crippen LogP contribution is 2.17. The van der Waals surface area contributed by atoms with Gasteiger partial charge in [0.2, 0.25) is 0 Å². The average Bonchev–Trinajstić information content (AvgIpc) is 2.56. The van der Waals surface area contributed by atoms with Crippen LogP contribution in [0, 0.1) is 12.3 Å². The lowest BCUT2D eigenvalue weighted by molar-refractivity contribution is 0.0943. The summed E-state index contributed by atoms with van der Waals surface area (Å²) < 4.78 is 1.44. The first-order valence-corrected chi connectivity index (χ1v) is 7.64. The minimum atomic E-state index is -0.357. The molecule has 2 heterocycles. The monoisotopic (exact) mass is 313 g/mol. The molecule has 0 saturated carbocycles. The second kappa shape index (κ2) is 5.96. The van der Waals surface area contributed by atoms with Crippen molar-refractivity contribution in [3.8, 4) is 0 Å². The molecule has 1 saturated heterocycles. The molecule has 2 aromatic rings. The molecule has 0 radical (unpaired) electrons. The van der Waals surface area contributed by atoms with E-state index in [2.05, 4.69) is 0 Å². The molecule has 6 heteroatoms. The Balaban J connectivity index is 2.13. The molecular weight excluding hydrogens is 294 g/mol. The van der Waals surface area contributed by atoms with Gasteiger partial charge in [0, 0.05) is 24.7 Å². The van der Waals surface area contributed by atoms with E-state index < -0.39 is 0 Å². The Morgan fingerprint density at radius 1 is 1.35 bits per heavy atom. The Bertz CT molecular complexity index is 833. The highest BCUT2D eigenvalue weighted by atomic mass is 16.3. The van der Waals surface area contributed by atoms with Crippen LogP contribution in [-0.4, -0.2) is 46.1 Å². The number of carbonyl (C=O) groups is 2. The summed E-state index contributed by atoms with van der Waals surface area (Å²) in [6.07, 6.45) is 2.79. The van der Waals surface area contributed by atoms with Crippen molar-refractivity contribution in [1.29, 1.82) is 5.41 Å². The zero-order chi connectivity index (χ0) is 16.6. The van der Waals surface area contributed by atoms with Crippen molar-refractivity contribution in [3.63, 3.8) is 0 Å². The number of aldehydes is 1. The molecule has 0 spiro atoms. The topological polar surface area (TPSA) is 86.4 Å². The van der Waals surface area contributed by atoms with Gasteiger partial charge >= 0.3 is 6.03 Å². The summed E-state index contributed by atoms with van der Waals surface area (Å²) in [5, 5.41) is 18.4. The molecule has 1 aromatic heterocycles. The molecule has 2 N–H and O–H groups in total. The summed E-state index contributed by atoms with van der Waals surface area (Å²) >= 11 is 0. The maximum atomic E-state index is 12.8. The molecule has 120 valence electrons. The molecule has 1 aliphatic rings. The maximum absolute atomic E-state index is 12.8. The summed E-state index contributed by atoms with van der Waals surface area (Å²) in [5.74, 6) is 0. The summed E-state index contributed by atoms with van der Waals surface area (Å²) in [4.78, 5) is 25.7. The minimum Gasteiger partial charge on any atom is -0.393 e. The van der Waals surface area contributed by atoms with Gasteiger partial charge < -0.3 is 10.0 Å². The van der Waals surface area contributed by atoms with E-state index in [1.165, 1.54) is 10.8 Å². The van der Waals surface area contributed by atoms with Crippen molar-refractivity contribution in [3.05, 3.63) is 40.9 Å². The van der Waals surface area contributed by atoms with Crippen LogP contribution in [0.1, 0.15) is 28.8 Å².